The third-order valence-corrected chi connectivity index (χ3v) is 4.24. The summed E-state index contributed by atoms with van der Waals surface area (Å²) in [5.74, 6) is 0.129. The predicted molar refractivity (Wildman–Crippen MR) is 72.5 cm³/mol. The summed E-state index contributed by atoms with van der Waals surface area (Å²) in [6.45, 7) is 7.01. The molecule has 0 spiro atoms. The summed E-state index contributed by atoms with van der Waals surface area (Å²) in [6.07, 6.45) is 1.65. The minimum Gasteiger partial charge on any atom is -0.326 e. The Morgan fingerprint density at radius 1 is 1.19 bits per heavy atom. The lowest BCUT2D eigenvalue weighted by atomic mass is 10.3. The van der Waals surface area contributed by atoms with Crippen LogP contribution >= 0.6 is 0 Å². The summed E-state index contributed by atoms with van der Waals surface area (Å²) in [5, 5.41) is 2.90. The molecule has 0 bridgehead atoms. The number of carbonyl (C=O) groups is 1. The van der Waals surface area contributed by atoms with Crippen LogP contribution in [0, 0.1) is 0 Å². The van der Waals surface area contributed by atoms with E-state index in [0.717, 1.165) is 12.1 Å². The third-order valence-electron chi connectivity index (χ3n) is 2.39. The van der Waals surface area contributed by atoms with Gasteiger partial charge in [-0.1, -0.05) is 43.9 Å². The fourth-order valence-electron chi connectivity index (χ4n) is 1.52. The second-order valence-corrected chi connectivity index (χ2v) is 10.9. The smallest absolute Gasteiger partial charge is 0.224 e. The Morgan fingerprint density at radius 2 is 1.81 bits per heavy atom. The maximum Gasteiger partial charge on any atom is 0.224 e. The van der Waals surface area contributed by atoms with Crippen LogP contribution < -0.4 is 5.32 Å². The van der Waals surface area contributed by atoms with Gasteiger partial charge in [-0.15, -0.1) is 0 Å². The first-order valence-corrected chi connectivity index (χ1v) is 9.53. The quantitative estimate of drug-likeness (QED) is 0.774. The second-order valence-electron chi connectivity index (χ2n) is 5.33. The van der Waals surface area contributed by atoms with Gasteiger partial charge in [0.15, 0.2) is 0 Å². The molecule has 3 heteroatoms. The van der Waals surface area contributed by atoms with Crippen LogP contribution in [0.1, 0.15) is 12.8 Å². The molecule has 0 aliphatic heterocycles. The lowest BCUT2D eigenvalue weighted by Gasteiger charge is -2.14. The zero-order chi connectivity index (χ0) is 12.0. The molecule has 0 radical (unpaired) electrons. The van der Waals surface area contributed by atoms with Crippen LogP contribution in [0.5, 0.6) is 0 Å². The van der Waals surface area contributed by atoms with Crippen molar-refractivity contribution in [1.29, 1.82) is 0 Å². The van der Waals surface area contributed by atoms with E-state index in [-0.39, 0.29) is 5.91 Å². The third kappa shape index (κ3) is 5.71. The van der Waals surface area contributed by atoms with Crippen molar-refractivity contribution in [2.75, 3.05) is 5.32 Å². The molecule has 1 amide bonds. The highest BCUT2D eigenvalue weighted by Gasteiger charge is 2.13. The van der Waals surface area contributed by atoms with Crippen LogP contribution in [0.25, 0.3) is 0 Å². The van der Waals surface area contributed by atoms with Gasteiger partial charge >= 0.3 is 0 Å². The number of rotatable bonds is 5. The van der Waals surface area contributed by atoms with Gasteiger partial charge in [0, 0.05) is 20.2 Å². The fraction of sp³-hybridized carbons (Fsp3) is 0.462. The highest BCUT2D eigenvalue weighted by Crippen LogP contribution is 2.13. The Morgan fingerprint density at radius 3 is 2.38 bits per heavy atom. The number of para-hydroxylation sites is 1. The average Bonchev–Trinajstić information content (AvgIpc) is 2.17. The lowest BCUT2D eigenvalue weighted by Crippen LogP contribution is -2.20. The molecular formula is C13H21NOSi. The van der Waals surface area contributed by atoms with E-state index in [1.54, 1.807) is 0 Å². The Balaban J connectivity index is 2.27. The summed E-state index contributed by atoms with van der Waals surface area (Å²) in [5.41, 5.74) is 0.889. The van der Waals surface area contributed by atoms with Gasteiger partial charge in [0.2, 0.25) is 5.91 Å². The molecule has 1 N–H and O–H groups in total. The molecule has 1 aromatic carbocycles. The van der Waals surface area contributed by atoms with Crippen LogP contribution in [-0.2, 0) is 4.79 Å². The largest absolute Gasteiger partial charge is 0.326 e. The number of hydrogen-bond acceptors (Lipinski definition) is 1. The molecule has 0 atom stereocenters. The Hall–Kier alpha value is -1.09. The van der Waals surface area contributed by atoms with Crippen LogP contribution in [0.15, 0.2) is 30.3 Å². The molecule has 16 heavy (non-hydrogen) atoms. The van der Waals surface area contributed by atoms with E-state index in [1.807, 2.05) is 30.3 Å². The number of hydrogen-bond donors (Lipinski definition) is 1. The summed E-state index contributed by atoms with van der Waals surface area (Å²) < 4.78 is 0. The van der Waals surface area contributed by atoms with Crippen molar-refractivity contribution in [2.24, 2.45) is 0 Å². The Bertz CT molecular complexity index is 330. The molecule has 0 heterocycles. The number of amides is 1. The van der Waals surface area contributed by atoms with Crippen LogP contribution in [0.4, 0.5) is 5.69 Å². The van der Waals surface area contributed by atoms with Crippen LogP contribution in [-0.4, -0.2) is 14.0 Å². The van der Waals surface area contributed by atoms with Gasteiger partial charge in [-0.3, -0.25) is 4.79 Å². The molecule has 0 aliphatic rings. The minimum atomic E-state index is -0.996. The zero-order valence-electron chi connectivity index (χ0n) is 10.4. The van der Waals surface area contributed by atoms with Gasteiger partial charge in [-0.25, -0.2) is 0 Å². The van der Waals surface area contributed by atoms with Crippen LogP contribution in [0.2, 0.25) is 25.7 Å². The topological polar surface area (TPSA) is 29.1 Å². The normalized spacial score (nSPS) is 11.2. The predicted octanol–water partition coefficient (Wildman–Crippen LogP) is 3.74. The van der Waals surface area contributed by atoms with E-state index < -0.39 is 8.07 Å². The van der Waals surface area contributed by atoms with Crippen molar-refractivity contribution in [3.8, 4) is 0 Å². The summed E-state index contributed by atoms with van der Waals surface area (Å²) in [6, 6.07) is 10.8. The first kappa shape index (κ1) is 13.0. The number of benzene rings is 1. The highest BCUT2D eigenvalue weighted by molar-refractivity contribution is 6.76. The van der Waals surface area contributed by atoms with Crippen molar-refractivity contribution in [1.82, 2.24) is 0 Å². The van der Waals surface area contributed by atoms with E-state index in [0.29, 0.717) is 6.42 Å². The van der Waals surface area contributed by atoms with E-state index in [2.05, 4.69) is 25.0 Å². The van der Waals surface area contributed by atoms with Crippen molar-refractivity contribution in [2.45, 2.75) is 38.5 Å². The first-order valence-electron chi connectivity index (χ1n) is 5.82. The van der Waals surface area contributed by atoms with Crippen molar-refractivity contribution < 1.29 is 4.79 Å². The van der Waals surface area contributed by atoms with Gasteiger partial charge in [0.05, 0.1) is 0 Å². The standard InChI is InChI=1S/C13H21NOSi/c1-16(2,3)11-7-10-13(15)14-12-8-5-4-6-9-12/h4-6,8-9H,7,10-11H2,1-3H3,(H,14,15). The Kier molecular flexibility index (Phi) is 4.74. The van der Waals surface area contributed by atoms with E-state index in [9.17, 15) is 4.79 Å². The van der Waals surface area contributed by atoms with Crippen molar-refractivity contribution in [3.05, 3.63) is 30.3 Å². The molecule has 88 valence electrons. The van der Waals surface area contributed by atoms with Gasteiger partial charge < -0.3 is 5.32 Å². The average molecular weight is 235 g/mol. The molecule has 0 fully saturated rings. The van der Waals surface area contributed by atoms with Gasteiger partial charge in [0.25, 0.3) is 0 Å². The molecule has 0 aromatic heterocycles. The zero-order valence-corrected chi connectivity index (χ0v) is 11.4. The van der Waals surface area contributed by atoms with E-state index in [4.69, 9.17) is 0 Å². The van der Waals surface area contributed by atoms with Crippen molar-refractivity contribution >= 4 is 19.7 Å². The summed E-state index contributed by atoms with van der Waals surface area (Å²) in [4.78, 5) is 11.6. The SMILES string of the molecule is C[Si](C)(C)CCCC(=O)Nc1ccccc1. The van der Waals surface area contributed by atoms with Crippen LogP contribution in [0.3, 0.4) is 0 Å². The molecular weight excluding hydrogens is 214 g/mol. The van der Waals surface area contributed by atoms with Crippen molar-refractivity contribution in [3.63, 3.8) is 0 Å². The highest BCUT2D eigenvalue weighted by atomic mass is 28.3. The minimum absolute atomic E-state index is 0.129. The lowest BCUT2D eigenvalue weighted by molar-refractivity contribution is -0.116. The summed E-state index contributed by atoms with van der Waals surface area (Å²) in [7, 11) is -0.996. The van der Waals surface area contributed by atoms with Gasteiger partial charge in [-0.05, 0) is 18.6 Å². The van der Waals surface area contributed by atoms with Gasteiger partial charge in [-0.2, -0.15) is 0 Å². The number of nitrogens with one attached hydrogen (secondary N) is 1. The fourth-order valence-corrected chi connectivity index (χ4v) is 2.76. The first-order chi connectivity index (χ1) is 7.47. The molecule has 1 aromatic rings. The maximum atomic E-state index is 11.6. The monoisotopic (exact) mass is 235 g/mol. The molecule has 2 nitrogen and oxygen atoms in total. The molecule has 0 unspecified atom stereocenters. The maximum absolute atomic E-state index is 11.6. The number of anilines is 1. The Labute approximate surface area is 99.1 Å². The molecule has 0 saturated heterocycles. The number of carbonyl (C=O) groups excluding carboxylic acids is 1. The van der Waals surface area contributed by atoms with E-state index in [1.165, 1.54) is 6.04 Å². The second kappa shape index (κ2) is 5.85. The molecule has 0 aliphatic carbocycles. The summed E-state index contributed by atoms with van der Waals surface area (Å²) >= 11 is 0. The molecule has 0 saturated carbocycles. The molecule has 1 rings (SSSR count). The van der Waals surface area contributed by atoms with E-state index >= 15 is 0 Å². The van der Waals surface area contributed by atoms with Gasteiger partial charge in [0.1, 0.15) is 0 Å².